The third kappa shape index (κ3) is 4.50. The summed E-state index contributed by atoms with van der Waals surface area (Å²) in [6, 6.07) is 35.4. The van der Waals surface area contributed by atoms with Crippen molar-refractivity contribution in [2.75, 3.05) is 5.32 Å². The molecule has 1 aromatic heterocycles. The van der Waals surface area contributed by atoms with Gasteiger partial charge in [-0.2, -0.15) is 0 Å². The van der Waals surface area contributed by atoms with Gasteiger partial charge in [0.25, 0.3) is 0 Å². The van der Waals surface area contributed by atoms with Crippen molar-refractivity contribution in [1.82, 2.24) is 4.98 Å². The van der Waals surface area contributed by atoms with E-state index in [0.29, 0.717) is 12.2 Å². The van der Waals surface area contributed by atoms with E-state index < -0.39 is 7.05 Å². The van der Waals surface area contributed by atoms with E-state index in [0.717, 1.165) is 40.1 Å². The molecule has 1 N–H and O–H groups in total. The quantitative estimate of drug-likeness (QED) is 0.360. The zero-order valence-electron chi connectivity index (χ0n) is 18.8. The number of ketones is 1. The maximum absolute atomic E-state index is 12.0. The van der Waals surface area contributed by atoms with Crippen molar-refractivity contribution in [3.8, 4) is 0 Å². The molecule has 0 aliphatic heterocycles. The van der Waals surface area contributed by atoms with Crippen LogP contribution in [-0.4, -0.2) is 10.8 Å². The van der Waals surface area contributed by atoms with Gasteiger partial charge in [-0.3, -0.25) is 4.79 Å². The number of nitrogens with zero attached hydrogens (tertiary/aromatic N) is 2. The number of nitrogens with one attached hydrogen (secondary N) is 1. The highest BCUT2D eigenvalue weighted by molar-refractivity contribution is 7.87. The molecule has 0 fully saturated rings. The van der Waals surface area contributed by atoms with E-state index in [1.54, 1.807) is 12.3 Å². The van der Waals surface area contributed by atoms with Crippen LogP contribution >= 0.6 is 7.05 Å². The molecule has 0 bridgehead atoms. The zero-order valence-corrected chi connectivity index (χ0v) is 19.7. The van der Waals surface area contributed by atoms with Crippen LogP contribution < -0.4 is 21.2 Å². The van der Waals surface area contributed by atoms with Gasteiger partial charge >= 0.3 is 0 Å². The normalized spacial score (nSPS) is 13.8. The minimum atomic E-state index is -2.43. The molecule has 0 radical (unpaired) electrons. The van der Waals surface area contributed by atoms with Crippen molar-refractivity contribution in [1.29, 1.82) is 0 Å². The standard InChI is InChI=1S/C29H26N3OP/c33-24-13-10-12-23(22-24)31-28-20-11-21-30-29(28)32-34(25-14-4-1-5-15-25,26-16-6-2-7-17-26)27-18-8-3-9-19-27/h1-9,11,14-22,31H,10,12-13H2. The van der Waals surface area contributed by atoms with Gasteiger partial charge in [0, 0.05) is 40.3 Å². The molecule has 0 saturated heterocycles. The van der Waals surface area contributed by atoms with Gasteiger partial charge in [-0.25, -0.2) is 9.73 Å². The smallest absolute Gasteiger partial charge is 0.175 e. The van der Waals surface area contributed by atoms with Crippen LogP contribution in [0.25, 0.3) is 0 Å². The van der Waals surface area contributed by atoms with E-state index in [4.69, 9.17) is 9.73 Å². The van der Waals surface area contributed by atoms with Crippen molar-refractivity contribution in [3.63, 3.8) is 0 Å². The molecule has 3 aromatic carbocycles. The first kappa shape index (κ1) is 22.1. The Bertz CT molecular complexity index is 1260. The van der Waals surface area contributed by atoms with E-state index >= 15 is 0 Å². The summed E-state index contributed by atoms with van der Waals surface area (Å²) in [6.45, 7) is 0. The summed E-state index contributed by atoms with van der Waals surface area (Å²) in [6.07, 6.45) is 5.81. The van der Waals surface area contributed by atoms with Gasteiger partial charge < -0.3 is 5.32 Å². The fourth-order valence-corrected chi connectivity index (χ4v) is 7.83. The molecule has 34 heavy (non-hydrogen) atoms. The predicted octanol–water partition coefficient (Wildman–Crippen LogP) is 5.94. The summed E-state index contributed by atoms with van der Waals surface area (Å²) in [5, 5.41) is 6.95. The predicted molar refractivity (Wildman–Crippen MR) is 142 cm³/mol. The van der Waals surface area contributed by atoms with Crippen LogP contribution in [-0.2, 0) is 4.79 Å². The fraction of sp³-hybridized carbons (Fsp3) is 0.103. The summed E-state index contributed by atoms with van der Waals surface area (Å²) in [7, 11) is -2.43. The molecule has 0 amide bonds. The Balaban J connectivity index is 1.78. The Labute approximate surface area is 200 Å². The van der Waals surface area contributed by atoms with Crippen LogP contribution in [0.2, 0.25) is 0 Å². The maximum Gasteiger partial charge on any atom is 0.175 e. The van der Waals surface area contributed by atoms with Crippen LogP contribution in [0.4, 0.5) is 11.5 Å². The summed E-state index contributed by atoms with van der Waals surface area (Å²) >= 11 is 0. The number of carbonyl (C=O) groups is 1. The molecular formula is C29H26N3OP. The molecule has 5 heteroatoms. The lowest BCUT2D eigenvalue weighted by molar-refractivity contribution is -0.115. The van der Waals surface area contributed by atoms with Gasteiger partial charge in [0.15, 0.2) is 11.6 Å². The zero-order chi connectivity index (χ0) is 23.2. The Hall–Kier alpha value is -3.75. The van der Waals surface area contributed by atoms with Gasteiger partial charge in [-0.15, -0.1) is 0 Å². The van der Waals surface area contributed by atoms with Crippen molar-refractivity contribution in [2.24, 2.45) is 4.74 Å². The highest BCUT2D eigenvalue weighted by Gasteiger charge is 2.28. The first-order chi connectivity index (χ1) is 16.8. The van der Waals surface area contributed by atoms with Crippen LogP contribution in [0.15, 0.2) is 126 Å². The van der Waals surface area contributed by atoms with Crippen molar-refractivity contribution in [3.05, 3.63) is 121 Å². The van der Waals surface area contributed by atoms with Crippen molar-refractivity contribution < 1.29 is 4.79 Å². The number of rotatable bonds is 6. The summed E-state index contributed by atoms with van der Waals surface area (Å²) in [4.78, 5) is 16.7. The molecule has 4 aromatic rings. The fourth-order valence-electron chi connectivity index (χ4n) is 4.33. The molecular weight excluding hydrogens is 437 g/mol. The molecule has 1 aliphatic rings. The number of hydrogen-bond acceptors (Lipinski definition) is 4. The van der Waals surface area contributed by atoms with E-state index in [1.807, 2.05) is 30.3 Å². The van der Waals surface area contributed by atoms with Crippen LogP contribution in [0.5, 0.6) is 0 Å². The lowest BCUT2D eigenvalue weighted by Gasteiger charge is -2.27. The molecule has 5 rings (SSSR count). The second-order valence-corrected chi connectivity index (χ2v) is 11.3. The summed E-state index contributed by atoms with van der Waals surface area (Å²) in [5.74, 6) is 0.808. The molecule has 1 heterocycles. The topological polar surface area (TPSA) is 54.4 Å². The van der Waals surface area contributed by atoms with Gasteiger partial charge in [0.05, 0.1) is 12.7 Å². The van der Waals surface area contributed by atoms with Crippen molar-refractivity contribution >= 4 is 40.3 Å². The number of carbonyl (C=O) groups excluding carboxylic acids is 1. The summed E-state index contributed by atoms with van der Waals surface area (Å²) < 4.78 is 5.51. The molecule has 0 unspecified atom stereocenters. The second kappa shape index (κ2) is 10.0. The number of allylic oxidation sites excluding steroid dienone is 2. The molecule has 0 saturated carbocycles. The minimum absolute atomic E-state index is 0.163. The van der Waals surface area contributed by atoms with Crippen LogP contribution in [0, 0.1) is 0 Å². The van der Waals surface area contributed by atoms with Gasteiger partial charge in [0.1, 0.15) is 0 Å². The number of pyridine rings is 1. The molecule has 168 valence electrons. The Morgan fingerprint density at radius 3 is 1.79 bits per heavy atom. The SMILES string of the molecule is O=C1C=C(Nc2cccnc2N=P(c2ccccc2)(c2ccccc2)c2ccccc2)CCC1. The van der Waals surface area contributed by atoms with Crippen LogP contribution in [0.3, 0.4) is 0 Å². The highest BCUT2D eigenvalue weighted by atomic mass is 31.2. The van der Waals surface area contributed by atoms with E-state index in [9.17, 15) is 4.79 Å². The van der Waals surface area contributed by atoms with E-state index in [-0.39, 0.29) is 5.78 Å². The summed E-state index contributed by atoms with van der Waals surface area (Å²) in [5.41, 5.74) is 1.74. The third-order valence-electron chi connectivity index (χ3n) is 5.92. The average molecular weight is 464 g/mol. The lowest BCUT2D eigenvalue weighted by atomic mass is 10.0. The second-order valence-electron chi connectivity index (χ2n) is 8.23. The van der Waals surface area contributed by atoms with Gasteiger partial charge in [0.2, 0.25) is 0 Å². The van der Waals surface area contributed by atoms with Gasteiger partial charge in [-0.05, 0) is 25.0 Å². The Morgan fingerprint density at radius 1 is 0.706 bits per heavy atom. The van der Waals surface area contributed by atoms with Gasteiger partial charge in [-0.1, -0.05) is 91.0 Å². The highest BCUT2D eigenvalue weighted by Crippen LogP contribution is 2.50. The number of anilines is 1. The first-order valence-electron chi connectivity index (χ1n) is 11.5. The molecule has 0 atom stereocenters. The largest absolute Gasteiger partial charge is 0.356 e. The first-order valence-corrected chi connectivity index (χ1v) is 13.2. The number of benzene rings is 3. The molecule has 1 aliphatic carbocycles. The van der Waals surface area contributed by atoms with E-state index in [1.165, 1.54) is 0 Å². The number of aromatic nitrogens is 1. The molecule has 4 nitrogen and oxygen atoms in total. The Morgan fingerprint density at radius 2 is 1.26 bits per heavy atom. The maximum atomic E-state index is 12.0. The van der Waals surface area contributed by atoms with Crippen molar-refractivity contribution in [2.45, 2.75) is 19.3 Å². The van der Waals surface area contributed by atoms with Crippen LogP contribution in [0.1, 0.15) is 19.3 Å². The molecule has 0 spiro atoms. The monoisotopic (exact) mass is 463 g/mol. The van der Waals surface area contributed by atoms with E-state index in [2.05, 4.69) is 78.1 Å². The lowest BCUT2D eigenvalue weighted by Crippen LogP contribution is -2.25. The Kier molecular flexibility index (Phi) is 6.51. The minimum Gasteiger partial charge on any atom is -0.356 e. The third-order valence-corrected chi connectivity index (χ3v) is 9.55. The number of hydrogen-bond donors (Lipinski definition) is 1. The average Bonchev–Trinajstić information content (AvgIpc) is 2.90.